The number of hydrogen-bond donors (Lipinski definition) is 2. The highest BCUT2D eigenvalue weighted by atomic mass is 32.2. The quantitative estimate of drug-likeness (QED) is 0.839. The second-order valence-electron chi connectivity index (χ2n) is 5.75. The molecule has 1 aromatic carbocycles. The number of pyridine rings is 1. The molecule has 2 rings (SSSR count). The topological polar surface area (TPSA) is 88.2 Å². The first-order valence-electron chi connectivity index (χ1n) is 7.64. The Kier molecular flexibility index (Phi) is 5.69. The van der Waals surface area contributed by atoms with Gasteiger partial charge in [0.25, 0.3) is 5.91 Å². The number of nitrogens with one attached hydrogen (secondary N) is 2. The van der Waals surface area contributed by atoms with Crippen LogP contribution in [0.2, 0.25) is 0 Å². The van der Waals surface area contributed by atoms with E-state index >= 15 is 0 Å². The van der Waals surface area contributed by atoms with Crippen molar-refractivity contribution in [2.24, 2.45) is 0 Å². The first-order chi connectivity index (χ1) is 11.3. The molecule has 128 valence electrons. The second-order valence-corrected chi connectivity index (χ2v) is 7.46. The van der Waals surface area contributed by atoms with Gasteiger partial charge in [0.1, 0.15) is 0 Å². The SMILES string of the molecule is CC(C)NS(=O)(=O)c1ccc(C(=O)N[C@H](C)c2ccccn2)cc1. The molecule has 1 heterocycles. The van der Waals surface area contributed by atoms with Crippen LogP contribution in [-0.2, 0) is 10.0 Å². The molecule has 1 amide bonds. The fraction of sp³-hybridized carbons (Fsp3) is 0.294. The van der Waals surface area contributed by atoms with Crippen molar-refractivity contribution in [1.82, 2.24) is 15.0 Å². The lowest BCUT2D eigenvalue weighted by molar-refractivity contribution is 0.0939. The number of carbonyl (C=O) groups excluding carboxylic acids is 1. The number of sulfonamides is 1. The Morgan fingerprint density at radius 2 is 1.71 bits per heavy atom. The van der Waals surface area contributed by atoms with Crippen molar-refractivity contribution < 1.29 is 13.2 Å². The third kappa shape index (κ3) is 4.62. The van der Waals surface area contributed by atoms with Crippen LogP contribution in [0, 0.1) is 0 Å². The van der Waals surface area contributed by atoms with Crippen LogP contribution in [-0.4, -0.2) is 25.4 Å². The van der Waals surface area contributed by atoms with Crippen molar-refractivity contribution in [3.8, 4) is 0 Å². The normalized spacial score (nSPS) is 12.8. The van der Waals surface area contributed by atoms with Gasteiger partial charge in [0.05, 0.1) is 16.6 Å². The molecule has 0 unspecified atom stereocenters. The summed E-state index contributed by atoms with van der Waals surface area (Å²) >= 11 is 0. The van der Waals surface area contributed by atoms with E-state index in [1.807, 2.05) is 25.1 Å². The molecule has 2 aromatic rings. The highest BCUT2D eigenvalue weighted by Crippen LogP contribution is 2.13. The molecule has 2 N–H and O–H groups in total. The predicted molar refractivity (Wildman–Crippen MR) is 92.0 cm³/mol. The van der Waals surface area contributed by atoms with Gasteiger partial charge in [0.15, 0.2) is 0 Å². The zero-order valence-electron chi connectivity index (χ0n) is 13.9. The van der Waals surface area contributed by atoms with E-state index < -0.39 is 10.0 Å². The van der Waals surface area contributed by atoms with E-state index in [-0.39, 0.29) is 22.9 Å². The minimum Gasteiger partial charge on any atom is -0.344 e. The van der Waals surface area contributed by atoms with Gasteiger partial charge in [0.2, 0.25) is 10.0 Å². The smallest absolute Gasteiger partial charge is 0.251 e. The summed E-state index contributed by atoms with van der Waals surface area (Å²) in [5.74, 6) is -0.283. The molecule has 0 bridgehead atoms. The molecule has 0 aliphatic heterocycles. The molecule has 0 radical (unpaired) electrons. The van der Waals surface area contributed by atoms with Crippen molar-refractivity contribution in [2.75, 3.05) is 0 Å². The van der Waals surface area contributed by atoms with Gasteiger partial charge in [-0.05, 0) is 57.2 Å². The Hall–Kier alpha value is -2.25. The summed E-state index contributed by atoms with van der Waals surface area (Å²) in [5.41, 5.74) is 1.15. The standard InChI is InChI=1S/C17H21N3O3S/c1-12(2)20-24(22,23)15-9-7-14(8-10-15)17(21)19-13(3)16-6-4-5-11-18-16/h4-13,20H,1-3H3,(H,19,21)/t13-/m1/s1. The summed E-state index contributed by atoms with van der Waals surface area (Å²) in [6.45, 7) is 5.34. The van der Waals surface area contributed by atoms with Crippen LogP contribution in [0.15, 0.2) is 53.6 Å². The Morgan fingerprint density at radius 3 is 2.25 bits per heavy atom. The monoisotopic (exact) mass is 347 g/mol. The average Bonchev–Trinajstić information content (AvgIpc) is 2.54. The summed E-state index contributed by atoms with van der Waals surface area (Å²) in [5, 5.41) is 2.84. The lowest BCUT2D eigenvalue weighted by atomic mass is 10.1. The summed E-state index contributed by atoms with van der Waals surface area (Å²) in [4.78, 5) is 16.6. The Balaban J connectivity index is 2.09. The molecule has 1 atom stereocenters. The van der Waals surface area contributed by atoms with Crippen molar-refractivity contribution in [3.05, 3.63) is 59.9 Å². The lowest BCUT2D eigenvalue weighted by Gasteiger charge is -2.14. The van der Waals surface area contributed by atoms with Gasteiger partial charge in [-0.15, -0.1) is 0 Å². The number of carbonyl (C=O) groups is 1. The van der Waals surface area contributed by atoms with Crippen molar-refractivity contribution >= 4 is 15.9 Å². The van der Waals surface area contributed by atoms with Crippen molar-refractivity contribution in [3.63, 3.8) is 0 Å². The van der Waals surface area contributed by atoms with Crippen LogP contribution in [0.25, 0.3) is 0 Å². The maximum absolute atomic E-state index is 12.3. The summed E-state index contributed by atoms with van der Waals surface area (Å²) in [6, 6.07) is 10.9. The van der Waals surface area contributed by atoms with Gasteiger partial charge in [-0.3, -0.25) is 9.78 Å². The fourth-order valence-corrected chi connectivity index (χ4v) is 3.40. The first kappa shape index (κ1) is 18.1. The minimum absolute atomic E-state index is 0.130. The zero-order chi connectivity index (χ0) is 17.7. The zero-order valence-corrected chi connectivity index (χ0v) is 14.7. The largest absolute Gasteiger partial charge is 0.344 e. The van der Waals surface area contributed by atoms with Crippen LogP contribution in [0.5, 0.6) is 0 Å². The fourth-order valence-electron chi connectivity index (χ4n) is 2.15. The number of hydrogen-bond acceptors (Lipinski definition) is 4. The van der Waals surface area contributed by atoms with E-state index in [1.165, 1.54) is 24.3 Å². The van der Waals surface area contributed by atoms with E-state index in [1.54, 1.807) is 20.0 Å². The van der Waals surface area contributed by atoms with E-state index in [9.17, 15) is 13.2 Å². The number of amides is 1. The molecule has 0 aliphatic carbocycles. The van der Waals surface area contributed by atoms with Crippen LogP contribution in [0.3, 0.4) is 0 Å². The summed E-state index contributed by atoms with van der Waals surface area (Å²) in [7, 11) is -3.56. The van der Waals surface area contributed by atoms with Gasteiger partial charge in [-0.2, -0.15) is 0 Å². The Morgan fingerprint density at radius 1 is 1.04 bits per heavy atom. The van der Waals surface area contributed by atoms with E-state index in [0.717, 1.165) is 5.69 Å². The van der Waals surface area contributed by atoms with E-state index in [4.69, 9.17) is 0 Å². The molecular weight excluding hydrogens is 326 g/mol. The molecular formula is C17H21N3O3S. The Labute approximate surface area is 142 Å². The second kappa shape index (κ2) is 7.55. The van der Waals surface area contributed by atoms with E-state index in [2.05, 4.69) is 15.0 Å². The number of rotatable bonds is 6. The van der Waals surface area contributed by atoms with Gasteiger partial charge < -0.3 is 5.32 Å². The third-order valence-corrected chi connectivity index (χ3v) is 4.97. The number of aromatic nitrogens is 1. The maximum atomic E-state index is 12.3. The highest BCUT2D eigenvalue weighted by molar-refractivity contribution is 7.89. The van der Waals surface area contributed by atoms with E-state index in [0.29, 0.717) is 5.56 Å². The number of benzene rings is 1. The minimum atomic E-state index is -3.56. The first-order valence-corrected chi connectivity index (χ1v) is 9.12. The molecule has 0 fully saturated rings. The van der Waals surface area contributed by atoms with Crippen LogP contribution >= 0.6 is 0 Å². The maximum Gasteiger partial charge on any atom is 0.251 e. The third-order valence-electron chi connectivity index (χ3n) is 3.30. The average molecular weight is 347 g/mol. The van der Waals surface area contributed by atoms with Crippen molar-refractivity contribution in [1.29, 1.82) is 0 Å². The molecule has 7 heteroatoms. The van der Waals surface area contributed by atoms with Gasteiger partial charge in [-0.1, -0.05) is 6.07 Å². The summed E-state index contributed by atoms with van der Waals surface area (Å²) < 4.78 is 26.6. The lowest BCUT2D eigenvalue weighted by Crippen LogP contribution is -2.30. The van der Waals surface area contributed by atoms with Gasteiger partial charge >= 0.3 is 0 Å². The summed E-state index contributed by atoms with van der Waals surface area (Å²) in [6.07, 6.45) is 1.67. The predicted octanol–water partition coefficient (Wildman–Crippen LogP) is 2.26. The molecule has 0 aliphatic rings. The number of nitrogens with zero attached hydrogens (tertiary/aromatic N) is 1. The van der Waals surface area contributed by atoms with Gasteiger partial charge in [-0.25, -0.2) is 13.1 Å². The van der Waals surface area contributed by atoms with Crippen LogP contribution < -0.4 is 10.0 Å². The molecule has 0 spiro atoms. The molecule has 6 nitrogen and oxygen atoms in total. The van der Waals surface area contributed by atoms with Crippen LogP contribution in [0.4, 0.5) is 0 Å². The molecule has 0 saturated carbocycles. The van der Waals surface area contributed by atoms with Crippen LogP contribution in [0.1, 0.15) is 42.9 Å². The molecule has 24 heavy (non-hydrogen) atoms. The molecule has 0 saturated heterocycles. The molecule has 1 aromatic heterocycles. The van der Waals surface area contributed by atoms with Crippen molar-refractivity contribution in [2.45, 2.75) is 37.8 Å². The van der Waals surface area contributed by atoms with Gasteiger partial charge in [0, 0.05) is 17.8 Å². The Bertz CT molecular complexity index is 788. The highest BCUT2D eigenvalue weighted by Gasteiger charge is 2.17.